The Balaban J connectivity index is 1.59. The molecular weight excluding hydrogens is 422 g/mol. The van der Waals surface area contributed by atoms with Crippen molar-refractivity contribution in [1.29, 1.82) is 0 Å². The molecule has 33 heavy (non-hydrogen) atoms. The maximum Gasteiger partial charge on any atom is 0.263 e. The molecule has 5 aromatic rings. The Morgan fingerprint density at radius 1 is 1.06 bits per heavy atom. The zero-order valence-corrected chi connectivity index (χ0v) is 17.8. The second-order valence-corrected chi connectivity index (χ2v) is 7.26. The maximum absolute atomic E-state index is 12.9. The number of nitrogens with one attached hydrogen (secondary N) is 2. The van der Waals surface area contributed by atoms with Crippen LogP contribution in [0.3, 0.4) is 0 Å². The quantitative estimate of drug-likeness (QED) is 0.433. The second-order valence-electron chi connectivity index (χ2n) is 7.26. The van der Waals surface area contributed by atoms with E-state index in [1.54, 1.807) is 41.9 Å². The summed E-state index contributed by atoms with van der Waals surface area (Å²) in [6, 6.07) is 18.0. The number of ether oxygens (including phenoxy) is 1. The number of aromatic amines is 1. The highest BCUT2D eigenvalue weighted by Gasteiger charge is 2.18. The van der Waals surface area contributed by atoms with Crippen molar-refractivity contribution in [2.24, 2.45) is 0 Å². The molecule has 0 aliphatic carbocycles. The lowest BCUT2D eigenvalue weighted by atomic mass is 10.2. The molecule has 0 saturated heterocycles. The third kappa shape index (κ3) is 3.63. The lowest BCUT2D eigenvalue weighted by Crippen LogP contribution is -2.19. The van der Waals surface area contributed by atoms with Gasteiger partial charge in [-0.15, -0.1) is 0 Å². The number of hydrogen-bond donors (Lipinski definition) is 2. The number of H-pyrrole nitrogens is 1. The van der Waals surface area contributed by atoms with Gasteiger partial charge in [0, 0.05) is 6.07 Å². The molecule has 0 fully saturated rings. The van der Waals surface area contributed by atoms with Crippen molar-refractivity contribution in [1.82, 2.24) is 29.5 Å². The van der Waals surface area contributed by atoms with Crippen molar-refractivity contribution in [3.8, 4) is 17.4 Å². The minimum atomic E-state index is -0.383. The van der Waals surface area contributed by atoms with Crippen LogP contribution in [0.4, 0.5) is 5.82 Å². The Morgan fingerprint density at radius 3 is 2.61 bits per heavy atom. The Kier molecular flexibility index (Phi) is 4.94. The molecule has 0 aliphatic heterocycles. The van der Waals surface area contributed by atoms with Gasteiger partial charge in [0.05, 0.1) is 30.3 Å². The Morgan fingerprint density at radius 2 is 1.82 bits per heavy atom. The summed E-state index contributed by atoms with van der Waals surface area (Å²) in [5.74, 6) is 0.550. The molecule has 3 heterocycles. The molecule has 0 saturated carbocycles. The number of aryl methyl sites for hydroxylation is 1. The van der Waals surface area contributed by atoms with E-state index in [2.05, 4.69) is 25.5 Å². The molecule has 2 aromatic carbocycles. The van der Waals surface area contributed by atoms with E-state index in [0.717, 1.165) is 5.69 Å². The van der Waals surface area contributed by atoms with Crippen molar-refractivity contribution < 1.29 is 9.53 Å². The van der Waals surface area contributed by atoms with E-state index in [1.165, 1.54) is 18.0 Å². The number of methoxy groups -OCH3 is 1. The lowest BCUT2D eigenvalue weighted by molar-refractivity contribution is 0.102. The molecule has 1 amide bonds. The predicted molar refractivity (Wildman–Crippen MR) is 122 cm³/mol. The summed E-state index contributed by atoms with van der Waals surface area (Å²) >= 11 is 0. The first-order chi connectivity index (χ1) is 16.0. The van der Waals surface area contributed by atoms with E-state index in [1.807, 2.05) is 30.3 Å². The monoisotopic (exact) mass is 441 g/mol. The summed E-state index contributed by atoms with van der Waals surface area (Å²) < 4.78 is 8.24. The minimum Gasteiger partial charge on any atom is -0.496 e. The summed E-state index contributed by atoms with van der Waals surface area (Å²) in [5, 5.41) is 11.9. The van der Waals surface area contributed by atoms with Crippen LogP contribution >= 0.6 is 0 Å². The zero-order chi connectivity index (χ0) is 22.9. The molecule has 3 aromatic heterocycles. The van der Waals surface area contributed by atoms with Crippen LogP contribution in [-0.2, 0) is 0 Å². The standard InChI is InChI=1S/C23H19N7O3/c1-14-12-19(25-21(31)16-10-6-7-11-18(16)33-2)30(28-14)23-26-20-17(22(32)27-23)13-24-29(20)15-8-4-3-5-9-15/h3-13H,1-2H3,(H,25,31)(H,26,27,32). The van der Waals surface area contributed by atoms with Gasteiger partial charge in [0.1, 0.15) is 17.0 Å². The van der Waals surface area contributed by atoms with E-state index in [0.29, 0.717) is 33.9 Å². The fraction of sp³-hybridized carbons (Fsp3) is 0.0870. The van der Waals surface area contributed by atoms with Gasteiger partial charge in [-0.1, -0.05) is 30.3 Å². The molecule has 10 heteroatoms. The SMILES string of the molecule is COc1ccccc1C(=O)Nc1cc(C)nn1-c1nc2c(cnn2-c2ccccc2)c(=O)[nH]1. The summed E-state index contributed by atoms with van der Waals surface area (Å²) in [4.78, 5) is 33.0. The third-order valence-electron chi connectivity index (χ3n) is 5.05. The first kappa shape index (κ1) is 20.2. The van der Waals surface area contributed by atoms with Crippen LogP contribution in [0.1, 0.15) is 16.1 Å². The molecule has 164 valence electrons. The van der Waals surface area contributed by atoms with Gasteiger partial charge < -0.3 is 10.1 Å². The van der Waals surface area contributed by atoms with Gasteiger partial charge in [-0.25, -0.2) is 4.68 Å². The van der Waals surface area contributed by atoms with Crippen LogP contribution in [0, 0.1) is 6.92 Å². The van der Waals surface area contributed by atoms with Gasteiger partial charge in [-0.3, -0.25) is 14.6 Å². The average Bonchev–Trinajstić information content (AvgIpc) is 3.43. The molecule has 0 unspecified atom stereocenters. The highest BCUT2D eigenvalue weighted by atomic mass is 16.5. The second kappa shape index (κ2) is 8.08. The number of aromatic nitrogens is 6. The number of carbonyl (C=O) groups excluding carboxylic acids is 1. The summed E-state index contributed by atoms with van der Waals surface area (Å²) in [6.07, 6.45) is 1.47. The lowest BCUT2D eigenvalue weighted by Gasteiger charge is -2.10. The number of hydrogen-bond acceptors (Lipinski definition) is 6. The van der Waals surface area contributed by atoms with Crippen LogP contribution in [-0.4, -0.2) is 42.5 Å². The van der Waals surface area contributed by atoms with E-state index < -0.39 is 0 Å². The molecule has 0 atom stereocenters. The van der Waals surface area contributed by atoms with E-state index in [9.17, 15) is 9.59 Å². The number of amides is 1. The first-order valence-electron chi connectivity index (χ1n) is 10.1. The highest BCUT2D eigenvalue weighted by Crippen LogP contribution is 2.21. The number of benzene rings is 2. The Hall–Kier alpha value is -4.73. The molecule has 10 nitrogen and oxygen atoms in total. The van der Waals surface area contributed by atoms with Crippen LogP contribution in [0.5, 0.6) is 5.75 Å². The van der Waals surface area contributed by atoms with Crippen LogP contribution in [0.15, 0.2) is 71.7 Å². The Labute approximate surface area is 187 Å². The fourth-order valence-electron chi connectivity index (χ4n) is 3.53. The number of anilines is 1. The van der Waals surface area contributed by atoms with Gasteiger partial charge in [0.2, 0.25) is 5.95 Å². The Bertz CT molecular complexity index is 1530. The number of fused-ring (bicyclic) bond motifs is 1. The van der Waals surface area contributed by atoms with Crippen molar-refractivity contribution in [2.45, 2.75) is 6.92 Å². The molecule has 0 aliphatic rings. The number of carbonyl (C=O) groups is 1. The van der Waals surface area contributed by atoms with Crippen molar-refractivity contribution in [3.05, 3.63) is 88.5 Å². The number of para-hydroxylation sites is 2. The third-order valence-corrected chi connectivity index (χ3v) is 5.05. The summed E-state index contributed by atoms with van der Waals surface area (Å²) in [5.41, 5.74) is 1.76. The van der Waals surface area contributed by atoms with Crippen LogP contribution in [0.2, 0.25) is 0 Å². The summed E-state index contributed by atoms with van der Waals surface area (Å²) in [7, 11) is 1.50. The maximum atomic E-state index is 12.9. The van der Waals surface area contributed by atoms with Crippen LogP contribution in [0.25, 0.3) is 22.7 Å². The molecule has 0 radical (unpaired) electrons. The molecular formula is C23H19N7O3. The summed E-state index contributed by atoms with van der Waals surface area (Å²) in [6.45, 7) is 1.78. The molecule has 2 N–H and O–H groups in total. The molecule has 5 rings (SSSR count). The van der Waals surface area contributed by atoms with E-state index >= 15 is 0 Å². The number of nitrogens with zero attached hydrogens (tertiary/aromatic N) is 5. The zero-order valence-electron chi connectivity index (χ0n) is 17.8. The molecule has 0 spiro atoms. The first-order valence-corrected chi connectivity index (χ1v) is 10.1. The minimum absolute atomic E-state index is 0.147. The number of rotatable bonds is 5. The highest BCUT2D eigenvalue weighted by molar-refractivity contribution is 6.05. The van der Waals surface area contributed by atoms with E-state index in [4.69, 9.17) is 4.74 Å². The van der Waals surface area contributed by atoms with Gasteiger partial charge in [-0.05, 0) is 31.2 Å². The van der Waals surface area contributed by atoms with Gasteiger partial charge in [0.25, 0.3) is 11.5 Å². The van der Waals surface area contributed by atoms with Crippen molar-refractivity contribution >= 4 is 22.8 Å². The van der Waals surface area contributed by atoms with Crippen molar-refractivity contribution in [3.63, 3.8) is 0 Å². The van der Waals surface area contributed by atoms with Gasteiger partial charge in [-0.2, -0.15) is 19.9 Å². The fourth-order valence-corrected chi connectivity index (χ4v) is 3.53. The smallest absolute Gasteiger partial charge is 0.263 e. The normalized spacial score (nSPS) is 11.0. The predicted octanol–water partition coefficient (Wildman–Crippen LogP) is 2.86. The van der Waals surface area contributed by atoms with Crippen molar-refractivity contribution in [2.75, 3.05) is 12.4 Å². The largest absolute Gasteiger partial charge is 0.496 e. The van der Waals surface area contributed by atoms with Gasteiger partial charge in [0.15, 0.2) is 5.65 Å². The molecule has 0 bridgehead atoms. The topological polar surface area (TPSA) is 120 Å². The van der Waals surface area contributed by atoms with Gasteiger partial charge >= 0.3 is 0 Å². The average molecular weight is 441 g/mol. The van der Waals surface area contributed by atoms with Crippen LogP contribution < -0.4 is 15.6 Å². The van der Waals surface area contributed by atoms with E-state index in [-0.39, 0.29) is 17.4 Å².